The van der Waals surface area contributed by atoms with Crippen LogP contribution in [0, 0.1) is 0 Å². The molecule has 0 fully saturated rings. The quantitative estimate of drug-likeness (QED) is 0.136. The summed E-state index contributed by atoms with van der Waals surface area (Å²) < 4.78 is 5.14. The largest absolute Gasteiger partial charge is 0.309 e. The maximum atomic E-state index is 5.57. The topological polar surface area (TPSA) is 87.2 Å². The van der Waals surface area contributed by atoms with Gasteiger partial charge in [0.25, 0.3) is 0 Å². The fraction of sp³-hybridized carbons (Fsp3) is 0.0175. The first-order valence-electron chi connectivity index (χ1n) is 41.8. The highest BCUT2D eigenvalue weighted by atomic mass is 15.1. The summed E-state index contributed by atoms with van der Waals surface area (Å²) in [4.78, 5) is 32.0. The molecule has 4 aliphatic rings. The molecule has 2 spiro atoms. The summed E-state index contributed by atoms with van der Waals surface area (Å²) in [5, 5.41) is 7.12. The van der Waals surface area contributed by atoms with Gasteiger partial charge in [0, 0.05) is 54.9 Å². The lowest BCUT2D eigenvalue weighted by atomic mass is 9.64. The van der Waals surface area contributed by atoms with E-state index in [2.05, 4.69) is 397 Å². The summed E-state index contributed by atoms with van der Waals surface area (Å²) in [6.07, 6.45) is 0. The number of benzene rings is 18. The van der Waals surface area contributed by atoms with Gasteiger partial charge in [-0.2, -0.15) is 0 Å². The average Bonchev–Trinajstić information content (AvgIpc) is 1.49. The van der Waals surface area contributed by atoms with Gasteiger partial charge in [0.2, 0.25) is 0 Å². The maximum absolute atomic E-state index is 5.57. The van der Waals surface area contributed by atoms with Crippen molar-refractivity contribution < 1.29 is 0 Å². The monoisotopic (exact) mass is 1550 g/mol. The molecule has 0 bridgehead atoms. The van der Waals surface area contributed by atoms with Gasteiger partial charge in [-0.25, -0.2) is 29.9 Å². The number of rotatable bonds is 10. The molecule has 2 aliphatic carbocycles. The van der Waals surface area contributed by atoms with Crippen LogP contribution in [0.5, 0.6) is 0 Å². The van der Waals surface area contributed by atoms with Crippen LogP contribution in [-0.4, -0.2) is 39.0 Å². The second-order valence-electron chi connectivity index (χ2n) is 32.6. The van der Waals surface area contributed by atoms with E-state index < -0.39 is 10.8 Å². The Morgan fingerprint density at radius 3 is 1.28 bits per heavy atom. The van der Waals surface area contributed by atoms with Crippen LogP contribution in [0.15, 0.2) is 413 Å². The molecular formula is C114H68N8. The zero-order valence-electron chi connectivity index (χ0n) is 65.8. The molecule has 26 rings (SSSR count). The summed E-state index contributed by atoms with van der Waals surface area (Å²) in [5.41, 5.74) is 34.4. The Balaban J connectivity index is 0.709. The van der Waals surface area contributed by atoms with E-state index in [4.69, 9.17) is 29.9 Å². The first-order chi connectivity index (χ1) is 60.5. The summed E-state index contributed by atoms with van der Waals surface area (Å²) >= 11 is 0. The van der Waals surface area contributed by atoms with Crippen LogP contribution in [0.1, 0.15) is 44.5 Å². The van der Waals surface area contributed by atoms with Crippen LogP contribution in [-0.2, 0) is 10.8 Å². The van der Waals surface area contributed by atoms with Crippen LogP contribution in [0.2, 0.25) is 0 Å². The van der Waals surface area contributed by atoms with Crippen molar-refractivity contribution in [3.63, 3.8) is 0 Å². The molecule has 2 aliphatic heterocycles. The molecule has 6 heterocycles. The lowest BCUT2D eigenvalue weighted by molar-refractivity contribution is 0.748. The molecule has 0 N–H and O–H groups in total. The Labute approximate surface area is 703 Å². The molecule has 0 radical (unpaired) electrons. The van der Waals surface area contributed by atoms with Crippen molar-refractivity contribution in [2.45, 2.75) is 10.8 Å². The molecule has 564 valence electrons. The Morgan fingerprint density at radius 2 is 0.598 bits per heavy atom. The average molecular weight is 1550 g/mol. The van der Waals surface area contributed by atoms with E-state index >= 15 is 0 Å². The lowest BCUT2D eigenvalue weighted by Gasteiger charge is -2.40. The van der Waals surface area contributed by atoms with E-state index in [1.807, 2.05) is 24.3 Å². The van der Waals surface area contributed by atoms with Crippen molar-refractivity contribution in [1.29, 1.82) is 0 Å². The number of nitrogens with zero attached hydrogens (tertiary/aromatic N) is 8. The molecule has 0 amide bonds. The van der Waals surface area contributed by atoms with E-state index in [9.17, 15) is 0 Å². The molecule has 18 aromatic carbocycles. The minimum absolute atomic E-state index is 0.577. The van der Waals surface area contributed by atoms with Crippen molar-refractivity contribution in [1.82, 2.24) is 39.0 Å². The minimum atomic E-state index is -0.778. The van der Waals surface area contributed by atoms with Gasteiger partial charge in [0.15, 0.2) is 34.9 Å². The van der Waals surface area contributed by atoms with Gasteiger partial charge < -0.3 is 9.13 Å². The predicted molar refractivity (Wildman–Crippen MR) is 495 cm³/mol. The number of hydrogen-bond donors (Lipinski definition) is 0. The van der Waals surface area contributed by atoms with Crippen LogP contribution in [0.4, 0.5) is 0 Å². The second-order valence-corrected chi connectivity index (χ2v) is 32.6. The molecular weight excluding hydrogens is 1480 g/mol. The Morgan fingerprint density at radius 1 is 0.172 bits per heavy atom. The van der Waals surface area contributed by atoms with Crippen molar-refractivity contribution in [2.75, 3.05) is 0 Å². The molecule has 8 heteroatoms. The van der Waals surface area contributed by atoms with Crippen molar-refractivity contribution in [3.8, 4) is 146 Å². The van der Waals surface area contributed by atoms with Gasteiger partial charge in [-0.15, -0.1) is 0 Å². The van der Waals surface area contributed by atoms with E-state index in [-0.39, 0.29) is 0 Å². The normalized spacial score (nSPS) is 14.0. The van der Waals surface area contributed by atoms with E-state index in [0.717, 1.165) is 99.9 Å². The van der Waals surface area contributed by atoms with Gasteiger partial charge in [0.05, 0.1) is 44.3 Å². The zero-order chi connectivity index (χ0) is 79.9. The third-order valence-corrected chi connectivity index (χ3v) is 26.4. The first kappa shape index (κ1) is 68.0. The number of para-hydroxylation sites is 4. The van der Waals surface area contributed by atoms with Crippen LogP contribution < -0.4 is 0 Å². The minimum Gasteiger partial charge on any atom is -0.309 e. The van der Waals surface area contributed by atoms with Crippen molar-refractivity contribution >= 4 is 54.4 Å². The molecule has 122 heavy (non-hydrogen) atoms. The molecule has 1 atom stereocenters. The zero-order valence-corrected chi connectivity index (χ0v) is 65.8. The Bertz CT molecular complexity index is 8160. The molecule has 0 saturated carbocycles. The SMILES string of the molecule is c1ccc(-c2nc(-c3ccc(-c4cc5c6c(c4)c4ccccc4n6-c4cc(-c6ccc7c(c6-c6cccc(-c8nc(-c9ccccc9)nc(-c9ccccc9-c9ccccc9)n8)c6)-c6ccccc6C76c7ccccc7-n7c8ccccc8c8cccc6c87)ccc4C54c5ccccc5-c5ccccc54)cc3)nc(-c3ccc4ccccc4c3)n2)cc1. The predicted octanol–water partition coefficient (Wildman–Crippen LogP) is 27.4. The van der Waals surface area contributed by atoms with Crippen molar-refractivity contribution in [2.24, 2.45) is 0 Å². The van der Waals surface area contributed by atoms with Crippen LogP contribution >= 0.6 is 0 Å². The number of hydrogen-bond acceptors (Lipinski definition) is 6. The van der Waals surface area contributed by atoms with Crippen molar-refractivity contribution in [3.05, 3.63) is 457 Å². The molecule has 8 nitrogen and oxygen atoms in total. The van der Waals surface area contributed by atoms with Gasteiger partial charge >= 0.3 is 0 Å². The molecule has 0 saturated heterocycles. The van der Waals surface area contributed by atoms with Crippen LogP contribution in [0.25, 0.3) is 201 Å². The van der Waals surface area contributed by atoms with Gasteiger partial charge in [-0.05, 0) is 171 Å². The second kappa shape index (κ2) is 26.2. The van der Waals surface area contributed by atoms with Gasteiger partial charge in [-0.1, -0.05) is 364 Å². The van der Waals surface area contributed by atoms with Gasteiger partial charge in [0.1, 0.15) is 0 Å². The Hall–Kier alpha value is -16.2. The fourth-order valence-corrected chi connectivity index (χ4v) is 21.3. The molecule has 1 unspecified atom stereocenters. The van der Waals surface area contributed by atoms with E-state index in [0.29, 0.717) is 34.9 Å². The Kier molecular flexibility index (Phi) is 14.6. The standard InChI is InChI=1S/C114H68N8/c1-4-29-71(30-5-1)81-38-12-13-43-88(81)112-119-108(73-33-8-3-9-34-73)117-110(120-112)78-37-26-36-77(65-78)103-82(61-63-96-104(103)89-44-16-21-48-93(89)114(96)94-49-22-25-53-101(94)121-99-51-23-17-41-85(99)87-45-27-50-97(114)105(87)121)76-60-62-95-102(68-76)122-100-52-24-18-42-86(100)90-66-80(67-98(106(90)122)113(95)91-46-19-14-39-83(91)84-40-15-20-47-92(84)113)70-54-57-74(58-55-70)109-115-107(72-31-6-2-7-32-72)116-111(118-109)79-59-56-69-28-10-11-35-75(69)64-79/h1-68H. The molecule has 4 aromatic heterocycles. The summed E-state index contributed by atoms with van der Waals surface area (Å²) in [6, 6.07) is 152. The maximum Gasteiger partial charge on any atom is 0.164 e. The number of aromatic nitrogens is 8. The summed E-state index contributed by atoms with van der Waals surface area (Å²) in [7, 11) is 0. The summed E-state index contributed by atoms with van der Waals surface area (Å²) in [6.45, 7) is 0. The van der Waals surface area contributed by atoms with Gasteiger partial charge in [-0.3, -0.25) is 0 Å². The first-order valence-corrected chi connectivity index (χ1v) is 41.8. The smallest absolute Gasteiger partial charge is 0.164 e. The highest BCUT2D eigenvalue weighted by Gasteiger charge is 2.54. The fourth-order valence-electron chi connectivity index (χ4n) is 21.3. The third-order valence-electron chi connectivity index (χ3n) is 26.4. The number of fused-ring (bicyclic) bond motifs is 25. The van der Waals surface area contributed by atoms with E-state index in [1.54, 1.807) is 0 Å². The molecule has 22 aromatic rings. The van der Waals surface area contributed by atoms with E-state index in [1.165, 1.54) is 111 Å². The van der Waals surface area contributed by atoms with Crippen LogP contribution in [0.3, 0.4) is 0 Å². The highest BCUT2D eigenvalue weighted by molar-refractivity contribution is 6.16. The lowest BCUT2D eigenvalue weighted by Crippen LogP contribution is -2.33. The summed E-state index contributed by atoms with van der Waals surface area (Å²) in [5.74, 6) is 3.62. The third kappa shape index (κ3) is 9.68. The highest BCUT2D eigenvalue weighted by Crippen LogP contribution is 2.66.